The topological polar surface area (TPSA) is 761 Å². The molecule has 0 aliphatic carbocycles. The molecule has 0 aromatic rings. The lowest BCUT2D eigenvalue weighted by Crippen LogP contribution is -2.70. The van der Waals surface area contributed by atoms with Crippen LogP contribution in [0.4, 0.5) is 0 Å². The van der Waals surface area contributed by atoms with E-state index in [1.165, 1.54) is 0 Å². The molecule has 0 radical (unpaired) electrons. The van der Waals surface area contributed by atoms with E-state index in [4.69, 9.17) is 80.5 Å². The van der Waals surface area contributed by atoms with E-state index in [0.29, 0.717) is 0 Å². The van der Waals surface area contributed by atoms with Crippen molar-refractivity contribution < 1.29 is 228 Å². The molecule has 9 saturated heterocycles. The zero-order chi connectivity index (χ0) is 77.9. The summed E-state index contributed by atoms with van der Waals surface area (Å²) in [5.41, 5.74) is 0. The number of ether oxygens (including phenoxy) is 17. The van der Waals surface area contributed by atoms with E-state index in [1.807, 2.05) is 0 Å². The summed E-state index contributed by atoms with van der Waals surface area (Å²) < 4.78 is 98.9. The van der Waals surface area contributed by atoms with Gasteiger partial charge >= 0.3 is 0 Å². The Bertz CT molecular complexity index is 2710. The van der Waals surface area contributed by atoms with E-state index in [9.17, 15) is 147 Å². The monoisotopic (exact) mass is 1560 g/mol. The molecule has 9 rings (SSSR count). The van der Waals surface area contributed by atoms with Gasteiger partial charge < -0.3 is 229 Å². The van der Waals surface area contributed by atoms with E-state index < -0.39 is 348 Å². The van der Waals surface area contributed by atoms with Crippen molar-refractivity contribution in [2.45, 2.75) is 290 Å². The van der Waals surface area contributed by atoms with Crippen molar-refractivity contribution in [3.8, 4) is 0 Å². The Hall–Kier alpha value is -2.82. The molecule has 2 amide bonds. The van der Waals surface area contributed by atoms with Gasteiger partial charge in [0.25, 0.3) is 0 Å². The third-order valence-electron chi connectivity index (χ3n) is 19.5. The van der Waals surface area contributed by atoms with Crippen LogP contribution in [-0.2, 0) is 90.1 Å². The molecule has 48 heteroatoms. The third kappa shape index (κ3) is 18.7. The summed E-state index contributed by atoms with van der Waals surface area (Å²) in [5, 5.41) is 301. The number of carbonyl (C=O) groups is 2. The summed E-state index contributed by atoms with van der Waals surface area (Å²) in [6.45, 7) is -7.77. The summed E-state index contributed by atoms with van der Waals surface area (Å²) in [5.74, 6) is -1.72. The minimum absolute atomic E-state index is 0.785. The van der Waals surface area contributed by atoms with Crippen molar-refractivity contribution >= 4 is 11.8 Å². The Labute approximate surface area is 598 Å². The number of carbonyl (C=O) groups excluding carboxylic acids is 2. The number of amides is 2. The quantitative estimate of drug-likeness (QED) is 0.0363. The Morgan fingerprint density at radius 1 is 0.245 bits per heavy atom. The Morgan fingerprint density at radius 2 is 0.509 bits per heavy atom. The molecular formula is C58H98N2O46. The molecule has 29 N–H and O–H groups in total. The fourth-order valence-electron chi connectivity index (χ4n) is 13.5. The minimum atomic E-state index is -2.55. The summed E-state index contributed by atoms with van der Waals surface area (Å²) in [6.07, 6.45) is -90.8. The molecule has 0 bridgehead atoms. The molecule has 45 atom stereocenters. The summed E-state index contributed by atoms with van der Waals surface area (Å²) in [7, 11) is 0. The van der Waals surface area contributed by atoms with Gasteiger partial charge in [-0.1, -0.05) is 0 Å². The van der Waals surface area contributed by atoms with Crippen molar-refractivity contribution in [2.75, 3.05) is 59.5 Å². The van der Waals surface area contributed by atoms with E-state index in [0.717, 1.165) is 13.8 Å². The van der Waals surface area contributed by atoms with Crippen LogP contribution in [-0.4, -0.2) is 485 Å². The maximum atomic E-state index is 12.9. The van der Waals surface area contributed by atoms with Crippen LogP contribution in [0, 0.1) is 0 Å². The van der Waals surface area contributed by atoms with Crippen molar-refractivity contribution in [1.29, 1.82) is 0 Å². The highest BCUT2D eigenvalue weighted by Crippen LogP contribution is 2.39. The maximum absolute atomic E-state index is 12.9. The second kappa shape index (κ2) is 37.9. The van der Waals surface area contributed by atoms with Crippen LogP contribution in [0.2, 0.25) is 0 Å². The molecule has 9 fully saturated rings. The lowest BCUT2D eigenvalue weighted by atomic mass is 9.94. The molecular weight excluding hydrogens is 1460 g/mol. The molecule has 9 aliphatic rings. The van der Waals surface area contributed by atoms with Gasteiger partial charge in [0.2, 0.25) is 11.8 Å². The lowest BCUT2D eigenvalue weighted by Gasteiger charge is -2.51. The summed E-state index contributed by atoms with van der Waals surface area (Å²) >= 11 is 0. The molecule has 0 aromatic heterocycles. The van der Waals surface area contributed by atoms with E-state index in [-0.39, 0.29) is 0 Å². The second-order valence-electron chi connectivity index (χ2n) is 26.7. The third-order valence-corrected chi connectivity index (χ3v) is 19.5. The van der Waals surface area contributed by atoms with Gasteiger partial charge in [-0.2, -0.15) is 0 Å². The van der Waals surface area contributed by atoms with Crippen LogP contribution in [0.5, 0.6) is 0 Å². The number of nitrogens with one attached hydrogen (secondary N) is 2. The highest BCUT2D eigenvalue weighted by molar-refractivity contribution is 5.73. The van der Waals surface area contributed by atoms with Crippen LogP contribution in [0.15, 0.2) is 0 Å². The van der Waals surface area contributed by atoms with E-state index in [1.54, 1.807) is 0 Å². The average molecular weight is 1560 g/mol. The van der Waals surface area contributed by atoms with Gasteiger partial charge in [0, 0.05) is 13.8 Å². The highest BCUT2D eigenvalue weighted by Gasteiger charge is 2.60. The molecule has 0 aromatic carbocycles. The molecule has 616 valence electrons. The highest BCUT2D eigenvalue weighted by atomic mass is 16.8. The molecule has 48 nitrogen and oxygen atoms in total. The van der Waals surface area contributed by atoms with Crippen LogP contribution < -0.4 is 10.6 Å². The van der Waals surface area contributed by atoms with Crippen molar-refractivity contribution in [1.82, 2.24) is 10.6 Å². The molecule has 9 aliphatic heterocycles. The molecule has 0 saturated carbocycles. The van der Waals surface area contributed by atoms with Crippen molar-refractivity contribution in [3.05, 3.63) is 0 Å². The molecule has 9 heterocycles. The first-order chi connectivity index (χ1) is 50.2. The van der Waals surface area contributed by atoms with E-state index >= 15 is 0 Å². The predicted molar refractivity (Wildman–Crippen MR) is 320 cm³/mol. The van der Waals surface area contributed by atoms with Crippen LogP contribution >= 0.6 is 0 Å². The smallest absolute Gasteiger partial charge is 0.217 e. The number of rotatable bonds is 27. The van der Waals surface area contributed by atoms with Gasteiger partial charge in [0.05, 0.1) is 59.5 Å². The SMILES string of the molecule is CC(=O)NC1C(O)OC(CO)C(OC2OC(CO)C(OC3OC(COC4OC(COC5OC(CO)C(O)C(O)C5O)C(O)C(OC5OC(CO)C(O)C(O)C5OC5OC(CO)C(O)C(O)C5O)C4O)C(O)C(OC4OC(CO)C(O)C(O)C4OC4OC(CO)C(O)C(O)C4O)C3O)C(O)C2NC(C)=O)C1O. The average Bonchev–Trinajstić information content (AvgIpc) is 0.769. The minimum Gasteiger partial charge on any atom is -0.394 e. The zero-order valence-corrected chi connectivity index (χ0v) is 56.2. The van der Waals surface area contributed by atoms with E-state index in [2.05, 4.69) is 10.6 Å². The summed E-state index contributed by atoms with van der Waals surface area (Å²) in [4.78, 5) is 25.0. The number of hydrogen-bond donors (Lipinski definition) is 29. The fourth-order valence-corrected chi connectivity index (χ4v) is 13.5. The number of aliphatic hydroxyl groups is 27. The van der Waals surface area contributed by atoms with Crippen molar-refractivity contribution in [3.63, 3.8) is 0 Å². The predicted octanol–water partition coefficient (Wildman–Crippen LogP) is -20.3. The van der Waals surface area contributed by atoms with Gasteiger partial charge in [-0.05, 0) is 0 Å². The number of hydrogen-bond acceptors (Lipinski definition) is 46. The molecule has 0 spiro atoms. The normalized spacial score (nSPS) is 51.2. The first kappa shape index (κ1) is 87.2. The Morgan fingerprint density at radius 3 is 0.906 bits per heavy atom. The van der Waals surface area contributed by atoms with Crippen molar-refractivity contribution in [2.24, 2.45) is 0 Å². The Kier molecular flexibility index (Phi) is 31.1. The largest absolute Gasteiger partial charge is 0.394 e. The molecule has 45 unspecified atom stereocenters. The lowest BCUT2D eigenvalue weighted by molar-refractivity contribution is -0.401. The fraction of sp³-hybridized carbons (Fsp3) is 0.966. The first-order valence-corrected chi connectivity index (χ1v) is 33.7. The van der Waals surface area contributed by atoms with Gasteiger partial charge in [0.1, 0.15) is 220 Å². The standard InChI is InChI=1S/C58H98N2O46/c1-12(68)59-23-32(77)44(19(8-66)92-50(23)89)101-51-24(60-13(2)69)33(78)45(20(9-67)98-51)102-56-43(88)47(104-58-49(38(83)29(74)18(7-65)97-58)106-55-41(86)36(81)27(72)16(5-63)95-55)31(76)22(100-56)11-91-53-42(87)46(30(75)21(99-53)10-90-52-39(84)34(79)25(70)14(3-61)93-52)103-57-48(37(82)28(73)17(6-64)96-57)105-54-40(85)35(80)26(71)15(4-62)94-54/h14-58,61-67,70-89H,3-11H2,1-2H3,(H,59,68)(H,60,69). The first-order valence-electron chi connectivity index (χ1n) is 33.7. The van der Waals surface area contributed by atoms with Gasteiger partial charge in [0.15, 0.2) is 56.6 Å². The maximum Gasteiger partial charge on any atom is 0.217 e. The van der Waals surface area contributed by atoms with Crippen LogP contribution in [0.25, 0.3) is 0 Å². The number of aliphatic hydroxyl groups excluding tert-OH is 27. The van der Waals surface area contributed by atoms with Gasteiger partial charge in [-0.15, -0.1) is 0 Å². The second-order valence-corrected chi connectivity index (χ2v) is 26.7. The summed E-state index contributed by atoms with van der Waals surface area (Å²) in [6, 6.07) is -3.56. The molecule has 106 heavy (non-hydrogen) atoms. The van der Waals surface area contributed by atoms with Crippen LogP contribution in [0.3, 0.4) is 0 Å². The van der Waals surface area contributed by atoms with Gasteiger partial charge in [-0.3, -0.25) is 9.59 Å². The zero-order valence-electron chi connectivity index (χ0n) is 56.2. The van der Waals surface area contributed by atoms with Gasteiger partial charge in [-0.25, -0.2) is 0 Å². The Balaban J connectivity index is 1.06. The van der Waals surface area contributed by atoms with Crippen LogP contribution in [0.1, 0.15) is 13.8 Å².